The van der Waals surface area contributed by atoms with Crippen LogP contribution in [0, 0.1) is 6.92 Å². The lowest BCUT2D eigenvalue weighted by Crippen LogP contribution is -2.33. The van der Waals surface area contributed by atoms with Crippen molar-refractivity contribution in [1.82, 2.24) is 14.5 Å². The number of thiophene rings is 1. The van der Waals surface area contributed by atoms with E-state index in [9.17, 15) is 18.3 Å². The van der Waals surface area contributed by atoms with Crippen LogP contribution in [0.3, 0.4) is 0 Å². The van der Waals surface area contributed by atoms with Crippen LogP contribution in [0.4, 0.5) is 0 Å². The summed E-state index contributed by atoms with van der Waals surface area (Å²) < 4.78 is 28.4. The molecule has 0 aromatic carbocycles. The molecule has 2 aromatic rings. The minimum atomic E-state index is -3.98. The molecule has 0 radical (unpaired) electrons. The maximum Gasteiger partial charge on any atom is 0.326 e. The third-order valence-electron chi connectivity index (χ3n) is 2.68. The van der Waals surface area contributed by atoms with Crippen molar-refractivity contribution < 1.29 is 18.3 Å². The first-order valence-electron chi connectivity index (χ1n) is 5.70. The molecule has 1 unspecified atom stereocenters. The predicted octanol–water partition coefficient (Wildman–Crippen LogP) is 1.55. The number of rotatable bonds is 5. The fraction of sp³-hybridized carbons (Fsp3) is 0.273. The third kappa shape index (κ3) is 3.43. The summed E-state index contributed by atoms with van der Waals surface area (Å²) in [6.07, 6.45) is 2.74. The normalized spacial score (nSPS) is 13.3. The fourth-order valence-corrected chi connectivity index (χ4v) is 4.53. The van der Waals surface area contributed by atoms with Crippen LogP contribution in [0.15, 0.2) is 22.7 Å². The van der Waals surface area contributed by atoms with Crippen molar-refractivity contribution in [3.63, 3.8) is 0 Å². The monoisotopic (exact) mass is 349 g/mol. The first-order valence-corrected chi connectivity index (χ1v) is 8.38. The van der Waals surface area contributed by atoms with Gasteiger partial charge in [-0.2, -0.15) is 9.82 Å². The number of nitrogens with zero attached hydrogens (tertiary/aromatic N) is 2. The molecule has 0 saturated heterocycles. The van der Waals surface area contributed by atoms with Crippen molar-refractivity contribution >= 4 is 38.9 Å². The molecule has 114 valence electrons. The Labute approximate surface area is 130 Å². The standard InChI is InChI=1S/C11H12ClN3O4S2/c1-6-3-8(20-10(6)12)21(18,19)14-9(11(16)17)7-4-13-15(2)5-7/h3-5,9,14H,1-2H3,(H,16,17). The number of halogens is 1. The zero-order chi connectivity index (χ0) is 15.8. The van der Waals surface area contributed by atoms with Gasteiger partial charge in [-0.1, -0.05) is 11.6 Å². The van der Waals surface area contributed by atoms with E-state index in [4.69, 9.17) is 11.6 Å². The molecule has 2 rings (SSSR count). The van der Waals surface area contributed by atoms with E-state index in [2.05, 4.69) is 9.82 Å². The molecule has 0 bridgehead atoms. The molecule has 0 aliphatic heterocycles. The molecule has 7 nitrogen and oxygen atoms in total. The molecule has 2 heterocycles. The van der Waals surface area contributed by atoms with E-state index in [0.717, 1.165) is 11.3 Å². The summed E-state index contributed by atoms with van der Waals surface area (Å²) in [7, 11) is -2.37. The van der Waals surface area contributed by atoms with Gasteiger partial charge in [0.25, 0.3) is 10.0 Å². The molecule has 2 N–H and O–H groups in total. The second kappa shape index (κ2) is 5.76. The SMILES string of the molecule is Cc1cc(S(=O)(=O)NC(C(=O)O)c2cnn(C)c2)sc1Cl. The summed E-state index contributed by atoms with van der Waals surface area (Å²) in [6, 6.07) is -0.0119. The molecule has 0 fully saturated rings. The largest absolute Gasteiger partial charge is 0.480 e. The Morgan fingerprint density at radius 1 is 1.57 bits per heavy atom. The number of hydrogen-bond donors (Lipinski definition) is 2. The van der Waals surface area contributed by atoms with Gasteiger partial charge in [0.1, 0.15) is 10.3 Å². The highest BCUT2D eigenvalue weighted by Crippen LogP contribution is 2.30. The average molecular weight is 350 g/mol. The van der Waals surface area contributed by atoms with Crippen LogP contribution in [0.2, 0.25) is 4.34 Å². The number of aromatic nitrogens is 2. The zero-order valence-corrected chi connectivity index (χ0v) is 13.5. The van der Waals surface area contributed by atoms with Crippen LogP contribution >= 0.6 is 22.9 Å². The number of aliphatic carboxylic acids is 1. The zero-order valence-electron chi connectivity index (χ0n) is 11.1. The van der Waals surface area contributed by atoms with Gasteiger partial charge < -0.3 is 5.11 Å². The molecule has 0 amide bonds. The molecule has 0 aliphatic rings. The minimum absolute atomic E-state index is 0.0276. The molecular formula is C11H12ClN3O4S2. The fourth-order valence-electron chi connectivity index (χ4n) is 1.63. The van der Waals surface area contributed by atoms with Gasteiger partial charge in [0.15, 0.2) is 0 Å². The molecule has 0 aliphatic carbocycles. The summed E-state index contributed by atoms with van der Waals surface area (Å²) in [5, 5.41) is 13.1. The quantitative estimate of drug-likeness (QED) is 0.852. The van der Waals surface area contributed by atoms with Crippen molar-refractivity contribution in [3.8, 4) is 0 Å². The van der Waals surface area contributed by atoms with Crippen LogP contribution in [0.25, 0.3) is 0 Å². The number of carboxylic acids is 1. The maximum atomic E-state index is 12.2. The van der Waals surface area contributed by atoms with E-state index in [1.54, 1.807) is 14.0 Å². The third-order valence-corrected chi connectivity index (χ3v) is 6.13. The van der Waals surface area contributed by atoms with Gasteiger partial charge in [0.2, 0.25) is 0 Å². The Morgan fingerprint density at radius 2 is 2.24 bits per heavy atom. The molecule has 1 atom stereocenters. The first kappa shape index (κ1) is 16.0. The van der Waals surface area contributed by atoms with Crippen molar-refractivity contribution in [3.05, 3.63) is 33.9 Å². The summed E-state index contributed by atoms with van der Waals surface area (Å²) in [4.78, 5) is 11.3. The molecule has 21 heavy (non-hydrogen) atoms. The Hall–Kier alpha value is -1.42. The Bertz CT molecular complexity index is 762. The summed E-state index contributed by atoms with van der Waals surface area (Å²) in [5.74, 6) is -1.31. The summed E-state index contributed by atoms with van der Waals surface area (Å²) >= 11 is 6.73. The second-order valence-electron chi connectivity index (χ2n) is 4.36. The highest BCUT2D eigenvalue weighted by atomic mass is 35.5. The topological polar surface area (TPSA) is 101 Å². The van der Waals surface area contributed by atoms with Crippen molar-refractivity contribution in [1.29, 1.82) is 0 Å². The van der Waals surface area contributed by atoms with Gasteiger partial charge in [0.05, 0.1) is 10.5 Å². The van der Waals surface area contributed by atoms with Crippen LogP contribution in [0.5, 0.6) is 0 Å². The van der Waals surface area contributed by atoms with Gasteiger partial charge >= 0.3 is 5.97 Å². The summed E-state index contributed by atoms with van der Waals surface area (Å²) in [5.41, 5.74) is 0.864. The highest BCUT2D eigenvalue weighted by Gasteiger charge is 2.29. The lowest BCUT2D eigenvalue weighted by molar-refractivity contribution is -0.139. The van der Waals surface area contributed by atoms with Crippen molar-refractivity contribution in [2.45, 2.75) is 17.2 Å². The Kier molecular flexibility index (Phi) is 4.38. The predicted molar refractivity (Wildman–Crippen MR) is 78.0 cm³/mol. The van der Waals surface area contributed by atoms with Gasteiger partial charge in [-0.15, -0.1) is 11.3 Å². The molecule has 0 spiro atoms. The lowest BCUT2D eigenvalue weighted by atomic mass is 10.2. The van der Waals surface area contributed by atoms with Crippen LogP contribution in [-0.2, 0) is 21.9 Å². The van der Waals surface area contributed by atoms with Gasteiger partial charge in [-0.25, -0.2) is 8.42 Å². The minimum Gasteiger partial charge on any atom is -0.480 e. The van der Waals surface area contributed by atoms with E-state index in [0.29, 0.717) is 9.90 Å². The van der Waals surface area contributed by atoms with Gasteiger partial charge in [-0.3, -0.25) is 9.48 Å². The number of carboxylic acid groups (broad SMARTS) is 1. The summed E-state index contributed by atoms with van der Waals surface area (Å²) in [6.45, 7) is 1.67. The number of carbonyl (C=O) groups is 1. The van der Waals surface area contributed by atoms with Crippen LogP contribution in [-0.4, -0.2) is 29.3 Å². The molecule has 2 aromatic heterocycles. The van der Waals surface area contributed by atoms with Crippen molar-refractivity contribution in [2.24, 2.45) is 7.05 Å². The molecular weight excluding hydrogens is 338 g/mol. The number of sulfonamides is 1. The van der Waals surface area contributed by atoms with Crippen molar-refractivity contribution in [2.75, 3.05) is 0 Å². The van der Waals surface area contributed by atoms with Crippen LogP contribution in [0.1, 0.15) is 17.2 Å². The van der Waals surface area contributed by atoms with Crippen LogP contribution < -0.4 is 4.72 Å². The van der Waals surface area contributed by atoms with E-state index >= 15 is 0 Å². The van der Waals surface area contributed by atoms with Gasteiger partial charge in [-0.05, 0) is 18.6 Å². The average Bonchev–Trinajstić information content (AvgIpc) is 2.94. The Morgan fingerprint density at radius 3 is 2.67 bits per heavy atom. The van der Waals surface area contributed by atoms with E-state index in [1.165, 1.54) is 23.1 Å². The smallest absolute Gasteiger partial charge is 0.326 e. The molecule has 10 heteroatoms. The maximum absolute atomic E-state index is 12.2. The molecule has 0 saturated carbocycles. The van der Waals surface area contributed by atoms with E-state index < -0.39 is 22.0 Å². The second-order valence-corrected chi connectivity index (χ2v) is 7.96. The van der Waals surface area contributed by atoms with Gasteiger partial charge in [0, 0.05) is 18.8 Å². The highest BCUT2D eigenvalue weighted by molar-refractivity contribution is 7.91. The Balaban J connectivity index is 2.34. The number of nitrogens with one attached hydrogen (secondary N) is 1. The van der Waals surface area contributed by atoms with E-state index in [-0.39, 0.29) is 9.77 Å². The van der Waals surface area contributed by atoms with E-state index in [1.807, 2.05) is 0 Å². The number of hydrogen-bond acceptors (Lipinski definition) is 5. The first-order chi connectivity index (χ1) is 9.70. The number of aryl methyl sites for hydroxylation is 2. The lowest BCUT2D eigenvalue weighted by Gasteiger charge is -2.12.